The molecule has 1 aliphatic rings. The number of ether oxygens (including phenoxy) is 3. The molecule has 1 amide bonds. The van der Waals surface area contributed by atoms with Crippen LogP contribution < -0.4 is 4.90 Å². The Morgan fingerprint density at radius 1 is 0.938 bits per heavy atom. The molecule has 0 N–H and O–H groups in total. The van der Waals surface area contributed by atoms with Gasteiger partial charge in [-0.15, -0.1) is 0 Å². The predicted molar refractivity (Wildman–Crippen MR) is 122 cm³/mol. The predicted octanol–water partition coefficient (Wildman–Crippen LogP) is 4.07. The lowest BCUT2D eigenvalue weighted by Crippen LogP contribution is -2.50. The van der Waals surface area contributed by atoms with Crippen molar-refractivity contribution in [2.24, 2.45) is 0 Å². The van der Waals surface area contributed by atoms with Gasteiger partial charge in [0, 0.05) is 26.2 Å². The van der Waals surface area contributed by atoms with Gasteiger partial charge in [-0.05, 0) is 59.2 Å². The summed E-state index contributed by atoms with van der Waals surface area (Å²) in [4.78, 5) is 40.7. The summed E-state index contributed by atoms with van der Waals surface area (Å²) in [6.07, 6.45) is -0.445. The van der Waals surface area contributed by atoms with E-state index in [1.807, 2.05) is 25.7 Å². The molecule has 0 aliphatic carbocycles. The van der Waals surface area contributed by atoms with Gasteiger partial charge in [0.05, 0.1) is 29.8 Å². The van der Waals surface area contributed by atoms with Crippen molar-refractivity contribution in [1.82, 2.24) is 4.90 Å². The lowest BCUT2D eigenvalue weighted by molar-refractivity contribution is -0.153. The van der Waals surface area contributed by atoms with Crippen LogP contribution in [0.4, 0.5) is 10.5 Å². The molecule has 1 fully saturated rings. The summed E-state index contributed by atoms with van der Waals surface area (Å²) in [5.74, 6) is -1.03. The molecule has 2 rings (SSSR count). The monoisotopic (exact) mass is 468 g/mol. The smallest absolute Gasteiger partial charge is 0.410 e. The van der Waals surface area contributed by atoms with E-state index in [1.54, 1.807) is 31.7 Å². The maximum absolute atomic E-state index is 12.4. The van der Waals surface area contributed by atoms with Crippen LogP contribution in [-0.4, -0.2) is 67.4 Å². The van der Waals surface area contributed by atoms with Crippen molar-refractivity contribution >= 4 is 35.3 Å². The Morgan fingerprint density at radius 3 is 2.00 bits per heavy atom. The van der Waals surface area contributed by atoms with Crippen LogP contribution >= 0.6 is 11.6 Å². The van der Waals surface area contributed by atoms with Crippen LogP contribution in [0.5, 0.6) is 0 Å². The maximum atomic E-state index is 12.4. The summed E-state index contributed by atoms with van der Waals surface area (Å²) >= 11 is 6.49. The molecule has 1 aromatic rings. The number of amides is 1. The molecule has 178 valence electrons. The Bertz CT molecular complexity index is 864. The zero-order valence-corrected chi connectivity index (χ0v) is 20.7. The first-order chi connectivity index (χ1) is 14.7. The number of nitrogens with zero attached hydrogens (tertiary/aromatic N) is 2. The Balaban J connectivity index is 2.23. The van der Waals surface area contributed by atoms with Gasteiger partial charge in [-0.3, -0.25) is 4.79 Å². The Kier molecular flexibility index (Phi) is 8.04. The van der Waals surface area contributed by atoms with Crippen molar-refractivity contribution in [3.63, 3.8) is 0 Å². The van der Waals surface area contributed by atoms with E-state index in [2.05, 4.69) is 0 Å². The van der Waals surface area contributed by atoms with E-state index in [4.69, 9.17) is 25.8 Å². The summed E-state index contributed by atoms with van der Waals surface area (Å²) < 4.78 is 15.7. The second kappa shape index (κ2) is 9.98. The first-order valence-corrected chi connectivity index (χ1v) is 10.9. The van der Waals surface area contributed by atoms with Gasteiger partial charge in [-0.25, -0.2) is 9.59 Å². The van der Waals surface area contributed by atoms with Gasteiger partial charge in [0.25, 0.3) is 0 Å². The minimum atomic E-state index is -0.643. The molecule has 32 heavy (non-hydrogen) atoms. The first-order valence-electron chi connectivity index (χ1n) is 10.6. The lowest BCUT2D eigenvalue weighted by Gasteiger charge is -2.37. The van der Waals surface area contributed by atoms with Crippen LogP contribution in [-0.2, 0) is 25.4 Å². The highest BCUT2D eigenvalue weighted by molar-refractivity contribution is 6.33. The standard InChI is InChI=1S/C23H33ClN2O6/c1-22(2,3)31-19(27)13-15-12-18(17(24)14-16(15)20(28)30-7)25-8-10-26(11-9-25)21(29)32-23(4,5)6/h12,14H,8-11,13H2,1-7H3. The fraction of sp³-hybridized carbons (Fsp3) is 0.609. The van der Waals surface area contributed by atoms with Crippen molar-refractivity contribution in [1.29, 1.82) is 0 Å². The summed E-state index contributed by atoms with van der Waals surface area (Å²) in [7, 11) is 1.28. The number of carbonyl (C=O) groups excluding carboxylic acids is 3. The van der Waals surface area contributed by atoms with E-state index in [0.29, 0.717) is 42.5 Å². The fourth-order valence-corrected chi connectivity index (χ4v) is 3.57. The van der Waals surface area contributed by atoms with E-state index in [-0.39, 0.29) is 18.1 Å². The normalized spacial score (nSPS) is 14.8. The number of anilines is 1. The molecular weight excluding hydrogens is 436 g/mol. The SMILES string of the molecule is COC(=O)c1cc(Cl)c(N2CCN(C(=O)OC(C)(C)C)CC2)cc1CC(=O)OC(C)(C)C. The zero-order chi connectivity index (χ0) is 24.3. The number of halogens is 1. The summed E-state index contributed by atoms with van der Waals surface area (Å²) in [6.45, 7) is 12.8. The second-order valence-electron chi connectivity index (χ2n) is 9.67. The minimum Gasteiger partial charge on any atom is -0.465 e. The van der Waals surface area contributed by atoms with Crippen LogP contribution in [0.15, 0.2) is 12.1 Å². The molecule has 0 spiro atoms. The lowest BCUT2D eigenvalue weighted by atomic mass is 10.0. The van der Waals surface area contributed by atoms with Crippen LogP contribution in [0.1, 0.15) is 57.5 Å². The van der Waals surface area contributed by atoms with E-state index < -0.39 is 23.1 Å². The number of methoxy groups -OCH3 is 1. The molecule has 1 aromatic carbocycles. The summed E-state index contributed by atoms with van der Waals surface area (Å²) in [6, 6.07) is 3.24. The highest BCUT2D eigenvalue weighted by Crippen LogP contribution is 2.31. The molecular formula is C23H33ClN2O6. The van der Waals surface area contributed by atoms with E-state index in [9.17, 15) is 14.4 Å². The van der Waals surface area contributed by atoms with E-state index in [0.717, 1.165) is 0 Å². The number of benzene rings is 1. The molecule has 0 unspecified atom stereocenters. The number of hydrogen-bond acceptors (Lipinski definition) is 7. The van der Waals surface area contributed by atoms with Gasteiger partial charge in [0.1, 0.15) is 11.2 Å². The first kappa shape index (κ1) is 25.8. The van der Waals surface area contributed by atoms with Gasteiger partial charge in [0.15, 0.2) is 0 Å². The fourth-order valence-electron chi connectivity index (χ4n) is 3.28. The van der Waals surface area contributed by atoms with Crippen LogP contribution in [0.3, 0.4) is 0 Å². The van der Waals surface area contributed by atoms with Crippen molar-refractivity contribution in [2.75, 3.05) is 38.2 Å². The molecule has 0 atom stereocenters. The van der Waals surface area contributed by atoms with Crippen LogP contribution in [0.2, 0.25) is 5.02 Å². The van der Waals surface area contributed by atoms with Crippen molar-refractivity contribution < 1.29 is 28.6 Å². The minimum absolute atomic E-state index is 0.0935. The summed E-state index contributed by atoms with van der Waals surface area (Å²) in [5, 5.41) is 0.365. The molecule has 0 radical (unpaired) electrons. The van der Waals surface area contributed by atoms with Gasteiger partial charge in [-0.1, -0.05) is 11.6 Å². The van der Waals surface area contributed by atoms with Crippen molar-refractivity contribution in [3.8, 4) is 0 Å². The Labute approximate surface area is 194 Å². The maximum Gasteiger partial charge on any atom is 0.410 e. The van der Waals surface area contributed by atoms with Gasteiger partial charge in [0.2, 0.25) is 0 Å². The van der Waals surface area contributed by atoms with Crippen molar-refractivity contribution in [2.45, 2.75) is 59.2 Å². The molecule has 9 heteroatoms. The molecule has 1 heterocycles. The van der Waals surface area contributed by atoms with Crippen molar-refractivity contribution in [3.05, 3.63) is 28.3 Å². The molecule has 0 saturated carbocycles. The Morgan fingerprint density at radius 2 is 1.50 bits per heavy atom. The number of piperazine rings is 1. The third-order valence-electron chi connectivity index (χ3n) is 4.60. The highest BCUT2D eigenvalue weighted by Gasteiger charge is 2.28. The largest absolute Gasteiger partial charge is 0.465 e. The number of hydrogen-bond donors (Lipinski definition) is 0. The topological polar surface area (TPSA) is 85.4 Å². The van der Waals surface area contributed by atoms with Gasteiger partial charge < -0.3 is 24.0 Å². The highest BCUT2D eigenvalue weighted by atomic mass is 35.5. The molecule has 8 nitrogen and oxygen atoms in total. The average molecular weight is 469 g/mol. The molecule has 0 bridgehead atoms. The Hall–Kier alpha value is -2.48. The third-order valence-corrected chi connectivity index (χ3v) is 4.91. The second-order valence-corrected chi connectivity index (χ2v) is 10.1. The molecule has 1 aliphatic heterocycles. The zero-order valence-electron chi connectivity index (χ0n) is 19.9. The van der Waals surface area contributed by atoms with Crippen LogP contribution in [0, 0.1) is 0 Å². The number of rotatable bonds is 4. The van der Waals surface area contributed by atoms with Gasteiger partial charge >= 0.3 is 18.0 Å². The van der Waals surface area contributed by atoms with Crippen LogP contribution in [0.25, 0.3) is 0 Å². The number of carbonyl (C=O) groups is 3. The van der Waals surface area contributed by atoms with E-state index >= 15 is 0 Å². The summed E-state index contributed by atoms with van der Waals surface area (Å²) in [5.41, 5.74) is 0.175. The number of esters is 2. The average Bonchev–Trinajstić information content (AvgIpc) is 2.65. The van der Waals surface area contributed by atoms with E-state index in [1.165, 1.54) is 13.2 Å². The molecule has 0 aromatic heterocycles. The third kappa shape index (κ3) is 7.29. The molecule has 1 saturated heterocycles. The van der Waals surface area contributed by atoms with Gasteiger partial charge in [-0.2, -0.15) is 0 Å². The quantitative estimate of drug-likeness (QED) is 0.486.